The van der Waals surface area contributed by atoms with Crippen LogP contribution in [0.3, 0.4) is 0 Å². The van der Waals surface area contributed by atoms with E-state index < -0.39 is 11.9 Å². The van der Waals surface area contributed by atoms with Gasteiger partial charge in [-0.05, 0) is 11.4 Å². The zero-order valence-electron chi connectivity index (χ0n) is 8.79. The molecule has 0 spiro atoms. The number of carbonyl (C=O) groups is 2. The van der Waals surface area contributed by atoms with Crippen molar-refractivity contribution in [2.75, 3.05) is 0 Å². The van der Waals surface area contributed by atoms with Gasteiger partial charge in [-0.1, -0.05) is 6.07 Å². The lowest BCUT2D eigenvalue weighted by Crippen LogP contribution is -2.37. The minimum atomic E-state index is -0.854. The van der Waals surface area contributed by atoms with Gasteiger partial charge in [-0.2, -0.15) is 0 Å². The number of imidazole rings is 1. The number of nitrogens with one attached hydrogen (secondary N) is 1. The summed E-state index contributed by atoms with van der Waals surface area (Å²) in [6.07, 6.45) is 3.28. The van der Waals surface area contributed by atoms with Crippen molar-refractivity contribution >= 4 is 23.3 Å². The lowest BCUT2D eigenvalue weighted by Gasteiger charge is -2.05. The zero-order valence-corrected chi connectivity index (χ0v) is 9.61. The molecule has 6 nitrogen and oxygen atoms in total. The first-order chi connectivity index (χ1) is 8.16. The molecular formula is C10H10N4O2S. The molecule has 88 valence electrons. The van der Waals surface area contributed by atoms with E-state index in [1.54, 1.807) is 17.0 Å². The summed E-state index contributed by atoms with van der Waals surface area (Å²) >= 11 is 1.53. The Hall–Kier alpha value is -2.15. The zero-order chi connectivity index (χ0) is 12.3. The fraction of sp³-hybridized carbons (Fsp3) is 0.100. The normalized spacial score (nSPS) is 10.1. The van der Waals surface area contributed by atoms with Gasteiger partial charge in [-0.15, -0.1) is 11.3 Å². The molecule has 0 aliphatic heterocycles. The SMILES string of the molecule is NC(=O)NC(=O)Cn1ccnc1-c1cccs1. The third-order valence-electron chi connectivity index (χ3n) is 2.03. The molecule has 0 atom stereocenters. The molecule has 17 heavy (non-hydrogen) atoms. The molecule has 2 heterocycles. The van der Waals surface area contributed by atoms with Gasteiger partial charge < -0.3 is 10.3 Å². The van der Waals surface area contributed by atoms with Crippen LogP contribution in [-0.4, -0.2) is 21.5 Å². The summed E-state index contributed by atoms with van der Waals surface area (Å²) < 4.78 is 1.66. The first-order valence-electron chi connectivity index (χ1n) is 4.81. The molecule has 0 aliphatic carbocycles. The lowest BCUT2D eigenvalue weighted by atomic mass is 10.4. The number of urea groups is 1. The van der Waals surface area contributed by atoms with Crippen LogP contribution in [0.1, 0.15) is 0 Å². The predicted octanol–water partition coefficient (Wildman–Crippen LogP) is 0.806. The van der Waals surface area contributed by atoms with Crippen LogP contribution < -0.4 is 11.1 Å². The average Bonchev–Trinajstić information content (AvgIpc) is 2.84. The Bertz CT molecular complexity index is 532. The van der Waals surface area contributed by atoms with E-state index >= 15 is 0 Å². The molecule has 0 bridgehead atoms. The minimum absolute atomic E-state index is 0.0101. The van der Waals surface area contributed by atoms with E-state index in [2.05, 4.69) is 4.98 Å². The van der Waals surface area contributed by atoms with Crippen LogP contribution in [0.15, 0.2) is 29.9 Å². The fourth-order valence-electron chi connectivity index (χ4n) is 1.40. The number of rotatable bonds is 3. The Labute approximate surface area is 101 Å². The highest BCUT2D eigenvalue weighted by Gasteiger charge is 2.11. The van der Waals surface area contributed by atoms with Crippen molar-refractivity contribution in [3.63, 3.8) is 0 Å². The molecule has 0 saturated carbocycles. The maximum absolute atomic E-state index is 11.4. The number of hydrogen-bond donors (Lipinski definition) is 2. The van der Waals surface area contributed by atoms with Crippen molar-refractivity contribution in [1.29, 1.82) is 0 Å². The van der Waals surface area contributed by atoms with E-state index in [1.807, 2.05) is 22.8 Å². The van der Waals surface area contributed by atoms with E-state index in [-0.39, 0.29) is 6.54 Å². The number of hydrogen-bond acceptors (Lipinski definition) is 4. The summed E-state index contributed by atoms with van der Waals surface area (Å²) in [4.78, 5) is 27.0. The molecule has 2 aromatic heterocycles. The van der Waals surface area contributed by atoms with Gasteiger partial charge in [0.15, 0.2) is 0 Å². The van der Waals surface area contributed by atoms with E-state index in [1.165, 1.54) is 11.3 Å². The first-order valence-corrected chi connectivity index (χ1v) is 5.69. The van der Waals surface area contributed by atoms with Crippen molar-refractivity contribution < 1.29 is 9.59 Å². The Kier molecular flexibility index (Phi) is 3.20. The Morgan fingerprint density at radius 3 is 3.00 bits per heavy atom. The maximum Gasteiger partial charge on any atom is 0.318 e. The van der Waals surface area contributed by atoms with Crippen LogP contribution >= 0.6 is 11.3 Å². The summed E-state index contributed by atoms with van der Waals surface area (Å²) in [5, 5.41) is 3.94. The summed E-state index contributed by atoms with van der Waals surface area (Å²) in [6, 6.07) is 2.96. The molecule has 0 fully saturated rings. The maximum atomic E-state index is 11.4. The van der Waals surface area contributed by atoms with Crippen LogP contribution in [0, 0.1) is 0 Å². The quantitative estimate of drug-likeness (QED) is 0.844. The third kappa shape index (κ3) is 2.70. The van der Waals surface area contributed by atoms with Crippen molar-refractivity contribution in [1.82, 2.24) is 14.9 Å². The number of amides is 3. The molecule has 7 heteroatoms. The van der Waals surface area contributed by atoms with E-state index in [0.717, 1.165) is 4.88 Å². The van der Waals surface area contributed by atoms with Gasteiger partial charge in [0.1, 0.15) is 12.4 Å². The summed E-state index contributed by atoms with van der Waals surface area (Å²) in [5.74, 6) is 0.230. The largest absolute Gasteiger partial charge is 0.351 e. The van der Waals surface area contributed by atoms with Gasteiger partial charge >= 0.3 is 6.03 Å². The third-order valence-corrected chi connectivity index (χ3v) is 2.90. The number of primary amides is 1. The Morgan fingerprint density at radius 2 is 2.35 bits per heavy atom. The van der Waals surface area contributed by atoms with Gasteiger partial charge in [-0.25, -0.2) is 9.78 Å². The molecular weight excluding hydrogens is 240 g/mol. The predicted molar refractivity (Wildman–Crippen MR) is 63.3 cm³/mol. The van der Waals surface area contributed by atoms with Crippen molar-refractivity contribution in [3.05, 3.63) is 29.9 Å². The lowest BCUT2D eigenvalue weighted by molar-refractivity contribution is -0.120. The van der Waals surface area contributed by atoms with Gasteiger partial charge in [0.25, 0.3) is 0 Å². The minimum Gasteiger partial charge on any atom is -0.351 e. The number of aromatic nitrogens is 2. The highest BCUT2D eigenvalue weighted by molar-refractivity contribution is 7.13. The van der Waals surface area contributed by atoms with Crippen LogP contribution in [0.5, 0.6) is 0 Å². The second-order valence-corrected chi connectivity index (χ2v) is 4.22. The van der Waals surface area contributed by atoms with Crippen molar-refractivity contribution in [2.45, 2.75) is 6.54 Å². The molecule has 3 N–H and O–H groups in total. The van der Waals surface area contributed by atoms with E-state index in [0.29, 0.717) is 5.82 Å². The second-order valence-electron chi connectivity index (χ2n) is 3.27. The number of nitrogens with two attached hydrogens (primary N) is 1. The molecule has 0 saturated heterocycles. The smallest absolute Gasteiger partial charge is 0.318 e. The van der Waals surface area contributed by atoms with Crippen molar-refractivity contribution in [2.24, 2.45) is 5.73 Å². The Morgan fingerprint density at radius 1 is 1.53 bits per heavy atom. The molecule has 2 aromatic rings. The number of carbonyl (C=O) groups excluding carboxylic acids is 2. The van der Waals surface area contributed by atoms with Crippen LogP contribution in [0.4, 0.5) is 4.79 Å². The van der Waals surface area contributed by atoms with Crippen LogP contribution in [0.25, 0.3) is 10.7 Å². The van der Waals surface area contributed by atoms with Gasteiger partial charge in [0.05, 0.1) is 4.88 Å². The topological polar surface area (TPSA) is 90.0 Å². The number of thiophene rings is 1. The standard InChI is InChI=1S/C10H10N4O2S/c11-10(16)13-8(15)6-14-4-3-12-9(14)7-2-1-5-17-7/h1-5H,6H2,(H3,11,13,15,16). The van der Waals surface area contributed by atoms with Crippen LogP contribution in [-0.2, 0) is 11.3 Å². The molecule has 0 aromatic carbocycles. The Balaban J connectivity index is 2.15. The van der Waals surface area contributed by atoms with Gasteiger partial charge in [0.2, 0.25) is 5.91 Å². The first kappa shape index (κ1) is 11.3. The van der Waals surface area contributed by atoms with Crippen molar-refractivity contribution in [3.8, 4) is 10.7 Å². The highest BCUT2D eigenvalue weighted by atomic mass is 32.1. The van der Waals surface area contributed by atoms with Crippen LogP contribution in [0.2, 0.25) is 0 Å². The van der Waals surface area contributed by atoms with Gasteiger partial charge in [0, 0.05) is 12.4 Å². The second kappa shape index (κ2) is 4.79. The molecule has 0 radical (unpaired) electrons. The monoisotopic (exact) mass is 250 g/mol. The molecule has 0 unspecified atom stereocenters. The summed E-state index contributed by atoms with van der Waals surface area (Å²) in [5.41, 5.74) is 4.86. The molecule has 3 amide bonds. The number of nitrogens with zero attached hydrogens (tertiary/aromatic N) is 2. The summed E-state index contributed by atoms with van der Waals surface area (Å²) in [6.45, 7) is 0.0101. The highest BCUT2D eigenvalue weighted by Crippen LogP contribution is 2.22. The molecule has 2 rings (SSSR count). The fourth-order valence-corrected chi connectivity index (χ4v) is 2.14. The summed E-state index contributed by atoms with van der Waals surface area (Å²) in [7, 11) is 0. The van der Waals surface area contributed by atoms with E-state index in [4.69, 9.17) is 5.73 Å². The number of imide groups is 1. The molecule has 0 aliphatic rings. The van der Waals surface area contributed by atoms with Gasteiger partial charge in [-0.3, -0.25) is 10.1 Å². The average molecular weight is 250 g/mol. The van der Waals surface area contributed by atoms with E-state index in [9.17, 15) is 9.59 Å².